The van der Waals surface area contributed by atoms with Crippen molar-refractivity contribution >= 4 is 33.2 Å². The quantitative estimate of drug-likeness (QED) is 0.145. The monoisotopic (exact) mass is 1010 g/mol. The number of rotatable bonds is 9. The Hall–Kier alpha value is -10.2. The molecule has 0 aliphatic heterocycles. The summed E-state index contributed by atoms with van der Waals surface area (Å²) in [7, 11) is 0. The molecule has 0 bridgehead atoms. The van der Waals surface area contributed by atoms with Crippen molar-refractivity contribution in [3.05, 3.63) is 307 Å². The van der Waals surface area contributed by atoms with Gasteiger partial charge in [-0.25, -0.2) is 15.0 Å². The molecule has 0 saturated heterocycles. The highest BCUT2D eigenvalue weighted by molar-refractivity contribution is 6.05. The SMILES string of the molecule is C/C=C\C(=C1/CC2(c3ccccc31)c1ccccc1-c1c(-c3cc(-c4ccccc4)nc(-c4ccccc4)c3)cccc12)c1cc(-c2nc3ccccc3n2-c2ccccc2)cc(-c2nc3ccccc3n2-c2ccccc2)c1. The third kappa shape index (κ3) is 7.50. The fourth-order valence-corrected chi connectivity index (χ4v) is 12.8. The van der Waals surface area contributed by atoms with Crippen molar-refractivity contribution in [2.75, 3.05) is 0 Å². The molecule has 0 saturated carbocycles. The number of imidazole rings is 2. The number of para-hydroxylation sites is 6. The lowest BCUT2D eigenvalue weighted by molar-refractivity contribution is 0.682. The van der Waals surface area contributed by atoms with Crippen molar-refractivity contribution in [3.63, 3.8) is 0 Å². The highest BCUT2D eigenvalue weighted by Crippen LogP contribution is 2.63. The second-order valence-corrected chi connectivity index (χ2v) is 20.6. The Morgan fingerprint density at radius 3 is 1.41 bits per heavy atom. The van der Waals surface area contributed by atoms with Gasteiger partial charge in [-0.1, -0.05) is 200 Å². The largest absolute Gasteiger partial charge is 0.292 e. The van der Waals surface area contributed by atoms with Crippen LogP contribution in [0.3, 0.4) is 0 Å². The Labute approximate surface area is 459 Å². The molecule has 1 atom stereocenters. The van der Waals surface area contributed by atoms with Gasteiger partial charge in [0.1, 0.15) is 11.6 Å². The van der Waals surface area contributed by atoms with Crippen molar-refractivity contribution in [2.24, 2.45) is 0 Å². The van der Waals surface area contributed by atoms with Gasteiger partial charge in [-0.3, -0.25) is 9.13 Å². The van der Waals surface area contributed by atoms with Crippen LogP contribution < -0.4 is 0 Å². The van der Waals surface area contributed by atoms with E-state index >= 15 is 0 Å². The Bertz CT molecular complexity index is 4370. The fraction of sp³-hybridized carbons (Fsp3) is 0.0405. The molecule has 0 fully saturated rings. The topological polar surface area (TPSA) is 48.5 Å². The predicted molar refractivity (Wildman–Crippen MR) is 325 cm³/mol. The Morgan fingerprint density at radius 1 is 0.392 bits per heavy atom. The van der Waals surface area contributed by atoms with Crippen LogP contribution in [-0.4, -0.2) is 24.1 Å². The van der Waals surface area contributed by atoms with Gasteiger partial charge < -0.3 is 0 Å². The summed E-state index contributed by atoms with van der Waals surface area (Å²) in [5.41, 5.74) is 25.2. The molecule has 5 nitrogen and oxygen atoms in total. The summed E-state index contributed by atoms with van der Waals surface area (Å²) < 4.78 is 4.61. The molecule has 79 heavy (non-hydrogen) atoms. The molecular weight excluding hydrogens is 959 g/mol. The Kier molecular flexibility index (Phi) is 11.0. The van der Waals surface area contributed by atoms with Gasteiger partial charge in [0, 0.05) is 33.6 Å². The first-order valence-corrected chi connectivity index (χ1v) is 27.2. The second-order valence-electron chi connectivity index (χ2n) is 20.6. The van der Waals surface area contributed by atoms with Gasteiger partial charge in [0.05, 0.1) is 38.9 Å². The van der Waals surface area contributed by atoms with E-state index in [-0.39, 0.29) is 0 Å². The molecule has 1 unspecified atom stereocenters. The van der Waals surface area contributed by atoms with E-state index in [1.165, 1.54) is 44.5 Å². The maximum atomic E-state index is 5.48. The molecule has 13 aromatic rings. The molecule has 372 valence electrons. The number of pyridine rings is 1. The van der Waals surface area contributed by atoms with Crippen LogP contribution in [0.1, 0.15) is 41.2 Å². The van der Waals surface area contributed by atoms with Crippen molar-refractivity contribution in [2.45, 2.75) is 18.8 Å². The molecule has 2 aliphatic rings. The summed E-state index contributed by atoms with van der Waals surface area (Å²) in [6.45, 7) is 2.14. The van der Waals surface area contributed by atoms with Gasteiger partial charge >= 0.3 is 0 Å². The first-order chi connectivity index (χ1) is 39.1. The minimum atomic E-state index is -0.485. The van der Waals surface area contributed by atoms with Crippen LogP contribution >= 0.6 is 0 Å². The molecule has 3 aromatic heterocycles. The van der Waals surface area contributed by atoms with Gasteiger partial charge in [-0.15, -0.1) is 0 Å². The fourth-order valence-electron chi connectivity index (χ4n) is 12.8. The number of aromatic nitrogens is 5. The number of hydrogen-bond acceptors (Lipinski definition) is 3. The maximum absolute atomic E-state index is 5.48. The van der Waals surface area contributed by atoms with Crippen LogP contribution in [0.15, 0.2) is 279 Å². The zero-order chi connectivity index (χ0) is 52.4. The molecule has 0 radical (unpaired) electrons. The lowest BCUT2D eigenvalue weighted by Crippen LogP contribution is -2.23. The predicted octanol–water partition coefficient (Wildman–Crippen LogP) is 18.3. The first-order valence-electron chi connectivity index (χ1n) is 27.2. The van der Waals surface area contributed by atoms with Gasteiger partial charge in [-0.2, -0.15) is 0 Å². The van der Waals surface area contributed by atoms with Gasteiger partial charge in [-0.05, 0) is 153 Å². The number of allylic oxidation sites excluding steroid dienone is 4. The maximum Gasteiger partial charge on any atom is 0.145 e. The summed E-state index contributed by atoms with van der Waals surface area (Å²) in [6, 6.07) is 96.2. The zero-order valence-electron chi connectivity index (χ0n) is 43.5. The number of fused-ring (bicyclic) bond motifs is 9. The van der Waals surface area contributed by atoms with Crippen molar-refractivity contribution in [3.8, 4) is 78.9 Å². The van der Waals surface area contributed by atoms with Crippen LogP contribution in [-0.2, 0) is 5.41 Å². The molecular formula is C74H51N5. The van der Waals surface area contributed by atoms with E-state index in [9.17, 15) is 0 Å². The van der Waals surface area contributed by atoms with Gasteiger partial charge in [0.15, 0.2) is 0 Å². The van der Waals surface area contributed by atoms with E-state index < -0.39 is 5.41 Å². The van der Waals surface area contributed by atoms with Gasteiger partial charge in [0.25, 0.3) is 0 Å². The van der Waals surface area contributed by atoms with E-state index in [2.05, 4.69) is 295 Å². The summed E-state index contributed by atoms with van der Waals surface area (Å²) in [5, 5.41) is 0. The number of benzene rings is 10. The second kappa shape index (κ2) is 18.8. The van der Waals surface area contributed by atoms with Crippen molar-refractivity contribution in [1.29, 1.82) is 0 Å². The van der Waals surface area contributed by atoms with E-state index in [1.807, 2.05) is 0 Å². The van der Waals surface area contributed by atoms with Crippen LogP contribution in [0.25, 0.3) is 112 Å². The van der Waals surface area contributed by atoms with E-state index in [0.29, 0.717) is 0 Å². The third-order valence-corrected chi connectivity index (χ3v) is 16.2. The highest BCUT2D eigenvalue weighted by Gasteiger charge is 2.51. The lowest BCUT2D eigenvalue weighted by Gasteiger charge is -2.28. The van der Waals surface area contributed by atoms with Gasteiger partial charge in [0.2, 0.25) is 0 Å². The van der Waals surface area contributed by atoms with Crippen LogP contribution in [0.2, 0.25) is 0 Å². The van der Waals surface area contributed by atoms with Crippen LogP contribution in [0.4, 0.5) is 0 Å². The van der Waals surface area contributed by atoms with E-state index in [1.54, 1.807) is 0 Å². The van der Waals surface area contributed by atoms with Crippen LogP contribution in [0, 0.1) is 0 Å². The van der Waals surface area contributed by atoms with Crippen LogP contribution in [0.5, 0.6) is 0 Å². The average molecular weight is 1010 g/mol. The molecule has 0 amide bonds. The smallest absolute Gasteiger partial charge is 0.145 e. The summed E-state index contributed by atoms with van der Waals surface area (Å²) >= 11 is 0. The van der Waals surface area contributed by atoms with E-state index in [0.717, 1.165) is 102 Å². The average Bonchev–Trinajstić information content (AvgIpc) is 4.21. The molecule has 10 aromatic carbocycles. The molecule has 5 heteroatoms. The summed E-state index contributed by atoms with van der Waals surface area (Å²) in [6.07, 6.45) is 5.29. The van der Waals surface area contributed by atoms with Crippen molar-refractivity contribution < 1.29 is 0 Å². The zero-order valence-corrected chi connectivity index (χ0v) is 43.5. The van der Waals surface area contributed by atoms with Crippen molar-refractivity contribution in [1.82, 2.24) is 24.1 Å². The number of nitrogens with zero attached hydrogens (tertiary/aromatic N) is 5. The third-order valence-electron chi connectivity index (χ3n) is 16.2. The minimum absolute atomic E-state index is 0.485. The lowest BCUT2D eigenvalue weighted by atomic mass is 9.73. The number of hydrogen-bond donors (Lipinski definition) is 0. The molecule has 15 rings (SSSR count). The molecule has 1 spiro atoms. The molecule has 0 N–H and O–H groups in total. The molecule has 2 aliphatic carbocycles. The first kappa shape index (κ1) is 46.1. The highest BCUT2D eigenvalue weighted by atomic mass is 15.1. The Morgan fingerprint density at radius 2 is 0.848 bits per heavy atom. The Balaban J connectivity index is 0.981. The summed E-state index contributed by atoms with van der Waals surface area (Å²) in [4.78, 5) is 16.3. The van der Waals surface area contributed by atoms with E-state index in [4.69, 9.17) is 15.0 Å². The standard InChI is InChI=1S/C74H51N5/c1-2-24-57(51-43-53(72-76-65-39-19-21-41-69(65)78(72)55-29-11-5-12-30-55)45-54(44-51)73-77-66-40-20-22-42-70(66)79(73)56-31-13-6-14-32-56)61-48-74(62-36-17-15-33-59(61)62)63-37-18-16-34-60(63)71-58(35-23-38-64(71)74)52-46-67(49-25-7-3-8-26-49)75-68(47-52)50-27-9-4-10-28-50/h2-47H,48H2,1H3/b24-2-,61-57-. The molecule has 3 heterocycles. The minimum Gasteiger partial charge on any atom is -0.292 e. The summed E-state index contributed by atoms with van der Waals surface area (Å²) in [5.74, 6) is 1.72. The normalized spacial score (nSPS) is 15.0.